The summed E-state index contributed by atoms with van der Waals surface area (Å²) in [6.07, 6.45) is -0.451. The number of aldehydes is 1. The third-order valence-corrected chi connectivity index (χ3v) is 1.33. The van der Waals surface area contributed by atoms with E-state index in [0.717, 1.165) is 6.92 Å². The van der Waals surface area contributed by atoms with Crippen LogP contribution >= 0.6 is 0 Å². The van der Waals surface area contributed by atoms with Crippen LogP contribution in [0.3, 0.4) is 0 Å². The minimum Gasteiger partial charge on any atom is -0.393 e. The molecule has 14 heavy (non-hydrogen) atoms. The first kappa shape index (κ1) is 12.2. The second kappa shape index (κ2) is 5.79. The van der Waals surface area contributed by atoms with E-state index in [0.29, 0.717) is 0 Å². The maximum atomic E-state index is 10.7. The van der Waals surface area contributed by atoms with Gasteiger partial charge in [-0.2, -0.15) is 0 Å². The lowest BCUT2D eigenvalue weighted by Gasteiger charge is -2.01. The molecule has 0 rings (SSSR count). The first-order chi connectivity index (χ1) is 6.47. The highest BCUT2D eigenvalue weighted by Crippen LogP contribution is 2.00. The molecular weight excluding hydrogens is 194 g/mol. The molecule has 1 atom stereocenters. The van der Waals surface area contributed by atoms with Crippen LogP contribution in [0.4, 0.5) is 0 Å². The molecule has 0 aromatic heterocycles. The van der Waals surface area contributed by atoms with E-state index in [4.69, 9.17) is 0 Å². The minimum atomic E-state index is -1.42. The van der Waals surface area contributed by atoms with Crippen LogP contribution in [-0.2, 0) is 19.1 Å². The van der Waals surface area contributed by atoms with Crippen LogP contribution in [-0.4, -0.2) is 29.2 Å². The van der Waals surface area contributed by atoms with Crippen molar-refractivity contribution in [1.29, 1.82) is 0 Å². The lowest BCUT2D eigenvalue weighted by atomic mass is 10.2. The molecule has 0 aromatic rings. The zero-order chi connectivity index (χ0) is 11.1. The summed E-state index contributed by atoms with van der Waals surface area (Å²) >= 11 is 0. The molecule has 78 valence electrons. The first-order valence-corrected chi connectivity index (χ1v) is 3.77. The Morgan fingerprint density at radius 3 is 2.50 bits per heavy atom. The van der Waals surface area contributed by atoms with Gasteiger partial charge in [0.25, 0.3) is 6.04 Å². The van der Waals surface area contributed by atoms with Gasteiger partial charge in [-0.05, 0) is 0 Å². The van der Waals surface area contributed by atoms with Crippen LogP contribution in [0.5, 0.6) is 0 Å². The fraction of sp³-hybridized carbons (Fsp3) is 0.571. The van der Waals surface area contributed by atoms with Gasteiger partial charge in [0, 0.05) is 18.3 Å². The first-order valence-electron chi connectivity index (χ1n) is 3.77. The summed E-state index contributed by atoms with van der Waals surface area (Å²) in [6.45, 7) is 1.04. The molecule has 0 N–H and O–H groups in total. The number of ether oxygens (including phenoxy) is 1. The fourth-order valence-corrected chi connectivity index (χ4v) is 0.700. The molecule has 1 unspecified atom stereocenters. The predicted molar refractivity (Wildman–Crippen MR) is 42.9 cm³/mol. The average molecular weight is 203 g/mol. The second-order valence-corrected chi connectivity index (χ2v) is 2.49. The third kappa shape index (κ3) is 4.96. The normalized spacial score (nSPS) is 11.5. The van der Waals surface area contributed by atoms with Gasteiger partial charge in [-0.3, -0.25) is 24.5 Å². The lowest BCUT2D eigenvalue weighted by molar-refractivity contribution is -0.506. The van der Waals surface area contributed by atoms with Crippen LogP contribution in [0.2, 0.25) is 0 Å². The van der Waals surface area contributed by atoms with E-state index >= 15 is 0 Å². The van der Waals surface area contributed by atoms with Crippen LogP contribution < -0.4 is 0 Å². The van der Waals surface area contributed by atoms with E-state index in [1.165, 1.54) is 0 Å². The Kier molecular flexibility index (Phi) is 5.05. The van der Waals surface area contributed by atoms with Crippen molar-refractivity contribution in [2.24, 2.45) is 0 Å². The molecular formula is C7H9NO6. The topological polar surface area (TPSA) is 104 Å². The van der Waals surface area contributed by atoms with E-state index in [1.54, 1.807) is 0 Å². The molecule has 0 aliphatic rings. The van der Waals surface area contributed by atoms with Crippen molar-refractivity contribution < 1.29 is 24.0 Å². The van der Waals surface area contributed by atoms with Crippen molar-refractivity contribution in [1.82, 2.24) is 0 Å². The van der Waals surface area contributed by atoms with Gasteiger partial charge in [-0.15, -0.1) is 0 Å². The van der Waals surface area contributed by atoms with Gasteiger partial charge >= 0.3 is 11.9 Å². The highest BCUT2D eigenvalue weighted by Gasteiger charge is 2.20. The summed E-state index contributed by atoms with van der Waals surface area (Å²) in [5.41, 5.74) is 0. The van der Waals surface area contributed by atoms with Crippen molar-refractivity contribution in [2.45, 2.75) is 25.8 Å². The Labute approximate surface area is 79.2 Å². The molecule has 0 fully saturated rings. The maximum absolute atomic E-state index is 10.7. The quantitative estimate of drug-likeness (QED) is 0.200. The van der Waals surface area contributed by atoms with Gasteiger partial charge < -0.3 is 4.74 Å². The van der Waals surface area contributed by atoms with Crippen molar-refractivity contribution in [3.8, 4) is 0 Å². The van der Waals surface area contributed by atoms with E-state index in [2.05, 4.69) is 4.74 Å². The van der Waals surface area contributed by atoms with Gasteiger partial charge in [-0.25, -0.2) is 0 Å². The van der Waals surface area contributed by atoms with E-state index < -0.39 is 22.9 Å². The van der Waals surface area contributed by atoms with Gasteiger partial charge in [0.1, 0.15) is 0 Å². The molecule has 0 aromatic carbocycles. The van der Waals surface area contributed by atoms with Crippen LogP contribution in [0.15, 0.2) is 0 Å². The second-order valence-electron chi connectivity index (χ2n) is 2.49. The average Bonchev–Trinajstić information content (AvgIpc) is 2.03. The molecule has 0 aliphatic heterocycles. The zero-order valence-electron chi connectivity index (χ0n) is 7.47. The molecule has 0 amide bonds. The molecule has 0 spiro atoms. The smallest absolute Gasteiger partial charge is 0.313 e. The highest BCUT2D eigenvalue weighted by molar-refractivity contribution is 5.84. The number of carbonyl (C=O) groups is 3. The summed E-state index contributed by atoms with van der Waals surface area (Å²) in [6, 6.07) is -1.42. The minimum absolute atomic E-state index is 0.140. The van der Waals surface area contributed by atoms with Gasteiger partial charge in [0.05, 0.1) is 6.42 Å². The Morgan fingerprint density at radius 1 is 1.57 bits per heavy atom. The molecule has 0 aliphatic carbocycles. The standard InChI is InChI=1S/C7H9NO6/c1-5(10)14-7(11)3-2-6(4-9)8(12)13/h4,6H,2-3H2,1H3. The van der Waals surface area contributed by atoms with Crippen LogP contribution in [0.1, 0.15) is 19.8 Å². The Hall–Kier alpha value is -1.79. The van der Waals surface area contributed by atoms with E-state index in [-0.39, 0.29) is 19.1 Å². The number of nitrogens with zero attached hydrogens (tertiary/aromatic N) is 1. The summed E-state index contributed by atoms with van der Waals surface area (Å²) in [5.74, 6) is -1.65. The molecule has 0 heterocycles. The van der Waals surface area contributed by atoms with Crippen LogP contribution in [0.25, 0.3) is 0 Å². The summed E-state index contributed by atoms with van der Waals surface area (Å²) in [4.78, 5) is 40.4. The SMILES string of the molecule is CC(=O)OC(=O)CCC(C=O)[N+](=O)[O-]. The van der Waals surface area contributed by atoms with Crippen molar-refractivity contribution in [3.63, 3.8) is 0 Å². The number of hydrogen-bond acceptors (Lipinski definition) is 6. The number of rotatable bonds is 5. The molecule has 0 radical (unpaired) electrons. The molecule has 0 bridgehead atoms. The maximum Gasteiger partial charge on any atom is 0.313 e. The van der Waals surface area contributed by atoms with E-state index in [1.807, 2.05) is 0 Å². The number of hydrogen-bond donors (Lipinski definition) is 0. The number of carbonyl (C=O) groups excluding carboxylic acids is 3. The Morgan fingerprint density at radius 2 is 2.14 bits per heavy atom. The third-order valence-electron chi connectivity index (χ3n) is 1.33. The van der Waals surface area contributed by atoms with Gasteiger partial charge in [0.15, 0.2) is 6.29 Å². The summed E-state index contributed by atoms with van der Waals surface area (Å²) in [7, 11) is 0. The largest absolute Gasteiger partial charge is 0.393 e. The number of nitro groups is 1. The monoisotopic (exact) mass is 203 g/mol. The molecule has 7 heteroatoms. The van der Waals surface area contributed by atoms with Crippen molar-refractivity contribution in [3.05, 3.63) is 10.1 Å². The highest BCUT2D eigenvalue weighted by atomic mass is 16.6. The van der Waals surface area contributed by atoms with Gasteiger partial charge in [0.2, 0.25) is 0 Å². The van der Waals surface area contributed by atoms with Crippen molar-refractivity contribution >= 4 is 18.2 Å². The zero-order valence-corrected chi connectivity index (χ0v) is 7.47. The fourth-order valence-electron chi connectivity index (χ4n) is 0.700. The van der Waals surface area contributed by atoms with Crippen molar-refractivity contribution in [2.75, 3.05) is 0 Å². The molecule has 0 saturated heterocycles. The molecule has 7 nitrogen and oxygen atoms in total. The summed E-state index contributed by atoms with van der Waals surface area (Å²) < 4.78 is 4.11. The number of esters is 2. The van der Waals surface area contributed by atoms with Gasteiger partial charge in [-0.1, -0.05) is 0 Å². The van der Waals surface area contributed by atoms with E-state index in [9.17, 15) is 24.5 Å². The summed E-state index contributed by atoms with van der Waals surface area (Å²) in [5, 5.41) is 10.1. The Balaban J connectivity index is 3.91. The van der Waals surface area contributed by atoms with Crippen LogP contribution in [0, 0.1) is 10.1 Å². The Bertz CT molecular complexity index is 261. The lowest BCUT2D eigenvalue weighted by Crippen LogP contribution is -2.22. The molecule has 0 saturated carbocycles. The predicted octanol–water partition coefficient (Wildman–Crippen LogP) is -0.299.